The Balaban J connectivity index is 1.47. The van der Waals surface area contributed by atoms with Crippen molar-refractivity contribution in [1.82, 2.24) is 10.2 Å². The number of hydrogen-bond donors (Lipinski definition) is 1. The zero-order valence-electron chi connectivity index (χ0n) is 19.6. The van der Waals surface area contributed by atoms with Gasteiger partial charge in [-0.05, 0) is 70.4 Å². The quantitative estimate of drug-likeness (QED) is 0.246. The predicted molar refractivity (Wildman–Crippen MR) is 139 cm³/mol. The highest BCUT2D eigenvalue weighted by atomic mass is 19.1. The van der Waals surface area contributed by atoms with Crippen LogP contribution in [0.2, 0.25) is 0 Å². The van der Waals surface area contributed by atoms with E-state index in [1.807, 2.05) is 42.5 Å². The van der Waals surface area contributed by atoms with E-state index in [0.29, 0.717) is 22.5 Å². The van der Waals surface area contributed by atoms with Crippen LogP contribution in [0.3, 0.4) is 0 Å². The van der Waals surface area contributed by atoms with Gasteiger partial charge in [0, 0.05) is 0 Å². The van der Waals surface area contributed by atoms with Gasteiger partial charge in [0.15, 0.2) is 0 Å². The molecule has 0 bridgehead atoms. The number of hydrogen-bond acceptors (Lipinski definition) is 4. The van der Waals surface area contributed by atoms with Crippen molar-refractivity contribution in [3.8, 4) is 0 Å². The van der Waals surface area contributed by atoms with Gasteiger partial charge in [-0.2, -0.15) is 9.49 Å². The van der Waals surface area contributed by atoms with Crippen molar-refractivity contribution in [3.05, 3.63) is 107 Å². The van der Waals surface area contributed by atoms with Crippen molar-refractivity contribution in [2.75, 3.05) is 0 Å². The van der Waals surface area contributed by atoms with Crippen molar-refractivity contribution in [1.29, 1.82) is 0 Å². The Morgan fingerprint density at radius 2 is 1.72 bits per heavy atom. The molecule has 1 aliphatic carbocycles. The number of allylic oxidation sites excluding steroid dienone is 2. The fourth-order valence-electron chi connectivity index (χ4n) is 4.88. The minimum Gasteiger partial charge on any atom is -0.318 e. The van der Waals surface area contributed by atoms with E-state index in [9.17, 15) is 9.18 Å². The van der Waals surface area contributed by atoms with E-state index in [2.05, 4.69) is 56.6 Å². The average Bonchev–Trinajstić information content (AvgIpc) is 3.47. The molecule has 1 aliphatic heterocycles. The molecule has 2 aliphatic rings. The van der Waals surface area contributed by atoms with Gasteiger partial charge in [0.2, 0.25) is 5.95 Å². The summed E-state index contributed by atoms with van der Waals surface area (Å²) in [6.45, 7) is 0. The first kappa shape index (κ1) is 22.2. The molecule has 6 heteroatoms. The van der Waals surface area contributed by atoms with Crippen molar-refractivity contribution in [2.45, 2.75) is 25.7 Å². The van der Waals surface area contributed by atoms with E-state index in [0.717, 1.165) is 35.1 Å². The second-order valence-electron chi connectivity index (χ2n) is 9.23. The van der Waals surface area contributed by atoms with Crippen LogP contribution in [0.1, 0.15) is 47.9 Å². The smallest absolute Gasteiger partial charge is 0.318 e. The summed E-state index contributed by atoms with van der Waals surface area (Å²) >= 11 is 0. The van der Waals surface area contributed by atoms with Crippen LogP contribution in [0.25, 0.3) is 28.1 Å². The zero-order chi connectivity index (χ0) is 24.5. The maximum Gasteiger partial charge on any atom is 0.341 e. The first-order valence-corrected chi connectivity index (χ1v) is 12.1. The molecule has 1 saturated carbocycles. The molecule has 2 heterocycles. The number of oxime groups is 1. The van der Waals surface area contributed by atoms with Crippen molar-refractivity contribution >= 4 is 39.8 Å². The molecule has 36 heavy (non-hydrogen) atoms. The molecule has 0 amide bonds. The van der Waals surface area contributed by atoms with Gasteiger partial charge in [-0.25, -0.2) is 4.79 Å². The summed E-state index contributed by atoms with van der Waals surface area (Å²) in [6, 6.07) is 24.6. The van der Waals surface area contributed by atoms with Gasteiger partial charge in [0.1, 0.15) is 0 Å². The first-order chi connectivity index (χ1) is 17.7. The maximum absolute atomic E-state index is 14.5. The van der Waals surface area contributed by atoms with Crippen molar-refractivity contribution < 1.29 is 14.0 Å². The zero-order valence-corrected chi connectivity index (χ0v) is 19.6. The topological polar surface area (TPSA) is 67.3 Å². The molecular weight excluding hydrogens is 453 g/mol. The van der Waals surface area contributed by atoms with Gasteiger partial charge < -0.3 is 4.84 Å². The van der Waals surface area contributed by atoms with Gasteiger partial charge in [-0.3, -0.25) is 5.10 Å². The highest BCUT2D eigenvalue weighted by Gasteiger charge is 2.27. The van der Waals surface area contributed by atoms with E-state index in [1.165, 1.54) is 17.6 Å². The Kier molecular flexibility index (Phi) is 5.77. The van der Waals surface area contributed by atoms with E-state index >= 15 is 0 Å². The summed E-state index contributed by atoms with van der Waals surface area (Å²) in [4.78, 5) is 15.9. The molecule has 1 N–H and O–H groups in total. The van der Waals surface area contributed by atoms with E-state index in [-0.39, 0.29) is 12.4 Å². The molecule has 1 fully saturated rings. The lowest BCUT2D eigenvalue weighted by Gasteiger charge is -2.31. The number of rotatable bonds is 6. The number of nitrogens with one attached hydrogen (secondary N) is 1. The van der Waals surface area contributed by atoms with Gasteiger partial charge in [-0.15, -0.1) is 0 Å². The van der Waals surface area contributed by atoms with Crippen LogP contribution >= 0.6 is 0 Å². The summed E-state index contributed by atoms with van der Waals surface area (Å²) in [5.74, 6) is -0.311. The van der Waals surface area contributed by atoms with Crippen LogP contribution in [-0.4, -0.2) is 21.9 Å². The fourth-order valence-corrected chi connectivity index (χ4v) is 4.88. The largest absolute Gasteiger partial charge is 0.341 e. The Bertz CT molecular complexity index is 1530. The molecular formula is C30H24FN3O2. The minimum atomic E-state index is -0.422. The standard InChI is InChI=1S/C30H24FN3O2/c31-30-25-17-23(14-16-26(25)32-33-30)29(28(21-7-4-8-21)20-5-2-1-3-6-20)22-12-9-19(10-13-22)11-15-24-18-27(35)36-34-24/h1-3,5-6,9-17,21H,4,7-8,18H2,(H,32,33)/b15-11+,29-28-. The summed E-state index contributed by atoms with van der Waals surface area (Å²) in [7, 11) is 0. The lowest BCUT2D eigenvalue weighted by atomic mass is 9.73. The maximum atomic E-state index is 14.5. The number of halogens is 1. The third-order valence-corrected chi connectivity index (χ3v) is 6.92. The van der Waals surface area contributed by atoms with Crippen LogP contribution in [-0.2, 0) is 9.63 Å². The fraction of sp³-hybridized carbons (Fsp3) is 0.167. The second kappa shape index (κ2) is 9.38. The number of aromatic amines is 1. The van der Waals surface area contributed by atoms with Crippen LogP contribution < -0.4 is 0 Å². The molecule has 6 rings (SSSR count). The molecule has 0 radical (unpaired) electrons. The average molecular weight is 478 g/mol. The molecule has 178 valence electrons. The number of carbonyl (C=O) groups is 1. The molecule has 0 unspecified atom stereocenters. The predicted octanol–water partition coefficient (Wildman–Crippen LogP) is 6.78. The summed E-state index contributed by atoms with van der Waals surface area (Å²) in [6.07, 6.45) is 7.40. The molecule has 0 atom stereocenters. The molecule has 1 aromatic heterocycles. The monoisotopic (exact) mass is 477 g/mol. The molecule has 5 nitrogen and oxygen atoms in total. The van der Waals surface area contributed by atoms with Crippen molar-refractivity contribution in [2.24, 2.45) is 11.1 Å². The third-order valence-electron chi connectivity index (χ3n) is 6.92. The Morgan fingerprint density at radius 1 is 0.944 bits per heavy atom. The minimum absolute atomic E-state index is 0.191. The molecule has 0 saturated heterocycles. The number of carbonyl (C=O) groups excluding carboxylic acids is 1. The number of H-pyrrole nitrogens is 1. The van der Waals surface area contributed by atoms with Crippen LogP contribution in [0, 0.1) is 11.9 Å². The lowest BCUT2D eigenvalue weighted by molar-refractivity contribution is -0.140. The summed E-state index contributed by atoms with van der Waals surface area (Å²) in [5, 5.41) is 10.8. The van der Waals surface area contributed by atoms with Gasteiger partial charge in [0.25, 0.3) is 0 Å². The van der Waals surface area contributed by atoms with Crippen molar-refractivity contribution in [3.63, 3.8) is 0 Å². The summed E-state index contributed by atoms with van der Waals surface area (Å²) < 4.78 is 14.5. The van der Waals surface area contributed by atoms with Crippen LogP contribution in [0.5, 0.6) is 0 Å². The van der Waals surface area contributed by atoms with E-state index < -0.39 is 5.95 Å². The highest BCUT2D eigenvalue weighted by molar-refractivity contribution is 6.09. The molecule has 0 spiro atoms. The Labute approximate surface area is 208 Å². The number of fused-ring (bicyclic) bond motifs is 1. The SMILES string of the molecule is O=C1CC(/C=C/c2ccc(/C(=C(\c3ccccc3)C3CCC3)c3ccc4n[nH]c(F)c4c3)cc2)=NO1. The van der Waals surface area contributed by atoms with Crippen LogP contribution in [0.4, 0.5) is 4.39 Å². The Morgan fingerprint density at radius 3 is 2.42 bits per heavy atom. The van der Waals surface area contributed by atoms with Gasteiger partial charge in [0.05, 0.1) is 23.0 Å². The van der Waals surface area contributed by atoms with Gasteiger partial charge in [-0.1, -0.05) is 78.3 Å². The lowest BCUT2D eigenvalue weighted by Crippen LogP contribution is -2.15. The van der Waals surface area contributed by atoms with E-state index in [4.69, 9.17) is 0 Å². The normalized spacial score (nSPS) is 16.7. The first-order valence-electron chi connectivity index (χ1n) is 12.1. The number of benzene rings is 3. The van der Waals surface area contributed by atoms with E-state index in [1.54, 1.807) is 6.08 Å². The number of nitrogens with zero attached hydrogens (tertiary/aromatic N) is 2. The second-order valence-corrected chi connectivity index (χ2v) is 9.23. The third kappa shape index (κ3) is 4.26. The number of aromatic nitrogens is 2. The van der Waals surface area contributed by atoms with Gasteiger partial charge >= 0.3 is 5.97 Å². The summed E-state index contributed by atoms with van der Waals surface area (Å²) in [5.41, 5.74) is 7.84. The Hall–Kier alpha value is -4.32. The highest BCUT2D eigenvalue weighted by Crippen LogP contribution is 2.45. The van der Waals surface area contributed by atoms with Crippen LogP contribution in [0.15, 0.2) is 84.0 Å². The molecule has 4 aromatic rings. The molecule has 3 aromatic carbocycles.